The summed E-state index contributed by atoms with van der Waals surface area (Å²) in [5.74, 6) is 0. The first-order valence-electron chi connectivity index (χ1n) is 8.81. The van der Waals surface area contributed by atoms with Crippen LogP contribution in [0.3, 0.4) is 0 Å². The Morgan fingerprint density at radius 2 is 1.81 bits per heavy atom. The molecule has 2 N–H and O–H groups in total. The summed E-state index contributed by atoms with van der Waals surface area (Å²) >= 11 is 0. The number of nitrogens with zero attached hydrogens (tertiary/aromatic N) is 2. The van der Waals surface area contributed by atoms with Gasteiger partial charge in [-0.2, -0.15) is 5.10 Å². The van der Waals surface area contributed by atoms with Crippen LogP contribution in [-0.4, -0.2) is 15.8 Å². The van der Waals surface area contributed by atoms with E-state index in [-0.39, 0.29) is 6.03 Å². The molecule has 27 heavy (non-hydrogen) atoms. The van der Waals surface area contributed by atoms with Crippen LogP contribution in [0, 0.1) is 6.92 Å². The van der Waals surface area contributed by atoms with Crippen molar-refractivity contribution in [2.75, 3.05) is 10.6 Å². The molecule has 0 saturated heterocycles. The zero-order chi connectivity index (χ0) is 18.6. The minimum atomic E-state index is -0.290. The third-order valence-corrected chi connectivity index (χ3v) is 4.36. The van der Waals surface area contributed by atoms with E-state index in [0.717, 1.165) is 16.5 Å². The molecule has 0 atom stereocenters. The highest BCUT2D eigenvalue weighted by Crippen LogP contribution is 2.23. The van der Waals surface area contributed by atoms with E-state index in [0.29, 0.717) is 12.2 Å². The van der Waals surface area contributed by atoms with Crippen molar-refractivity contribution in [2.24, 2.45) is 0 Å². The molecule has 134 valence electrons. The lowest BCUT2D eigenvalue weighted by Gasteiger charge is -2.09. The molecule has 0 radical (unpaired) electrons. The van der Waals surface area contributed by atoms with Crippen LogP contribution in [0.15, 0.2) is 79.1 Å². The molecule has 0 spiro atoms. The average molecular weight is 356 g/mol. The fourth-order valence-corrected chi connectivity index (χ4v) is 3.13. The van der Waals surface area contributed by atoms with Crippen LogP contribution in [0.1, 0.15) is 11.1 Å². The number of aryl methyl sites for hydroxylation is 1. The highest BCUT2D eigenvalue weighted by Gasteiger charge is 2.07. The number of hydrogen-bond donors (Lipinski definition) is 2. The van der Waals surface area contributed by atoms with Gasteiger partial charge >= 0.3 is 6.03 Å². The van der Waals surface area contributed by atoms with Crippen molar-refractivity contribution in [1.82, 2.24) is 9.78 Å². The zero-order valence-corrected chi connectivity index (χ0v) is 15.0. The van der Waals surface area contributed by atoms with Crippen molar-refractivity contribution in [3.05, 3.63) is 90.3 Å². The van der Waals surface area contributed by atoms with E-state index in [1.54, 1.807) is 6.20 Å². The number of amides is 2. The van der Waals surface area contributed by atoms with Crippen LogP contribution in [-0.2, 0) is 6.54 Å². The van der Waals surface area contributed by atoms with Crippen LogP contribution in [0.4, 0.5) is 16.2 Å². The van der Waals surface area contributed by atoms with E-state index in [1.165, 1.54) is 11.1 Å². The van der Waals surface area contributed by atoms with E-state index in [2.05, 4.69) is 40.9 Å². The molecular formula is C22H20N4O. The Hall–Kier alpha value is -3.60. The van der Waals surface area contributed by atoms with Gasteiger partial charge in [0.05, 0.1) is 24.1 Å². The fraction of sp³-hybridized carbons (Fsp3) is 0.0909. The van der Waals surface area contributed by atoms with Gasteiger partial charge in [0, 0.05) is 11.6 Å². The SMILES string of the molecule is Cc1cccc(Cn2cc(NC(=O)Nc3cccc4ccccc34)cn2)c1. The van der Waals surface area contributed by atoms with Gasteiger partial charge in [-0.05, 0) is 23.9 Å². The summed E-state index contributed by atoms with van der Waals surface area (Å²) in [6.07, 6.45) is 3.48. The zero-order valence-electron chi connectivity index (χ0n) is 15.0. The predicted octanol–water partition coefficient (Wildman–Crippen LogP) is 5.04. The van der Waals surface area contributed by atoms with Crippen LogP contribution < -0.4 is 10.6 Å². The van der Waals surface area contributed by atoms with Crippen molar-refractivity contribution in [3.8, 4) is 0 Å². The van der Waals surface area contributed by atoms with Gasteiger partial charge in [-0.25, -0.2) is 4.79 Å². The summed E-state index contributed by atoms with van der Waals surface area (Å²) in [5, 5.41) is 12.2. The average Bonchev–Trinajstić information content (AvgIpc) is 3.08. The summed E-state index contributed by atoms with van der Waals surface area (Å²) in [6, 6.07) is 21.8. The largest absolute Gasteiger partial charge is 0.323 e. The molecule has 0 aliphatic carbocycles. The van der Waals surface area contributed by atoms with E-state index in [4.69, 9.17) is 0 Å². The first kappa shape index (κ1) is 16.8. The lowest BCUT2D eigenvalue weighted by Crippen LogP contribution is -2.19. The maximum atomic E-state index is 12.4. The minimum absolute atomic E-state index is 0.290. The summed E-state index contributed by atoms with van der Waals surface area (Å²) in [7, 11) is 0. The third-order valence-electron chi connectivity index (χ3n) is 4.36. The molecule has 0 aliphatic rings. The van der Waals surface area contributed by atoms with Gasteiger partial charge in [0.1, 0.15) is 0 Å². The Kier molecular flexibility index (Phi) is 4.58. The summed E-state index contributed by atoms with van der Waals surface area (Å²) < 4.78 is 1.81. The second kappa shape index (κ2) is 7.33. The van der Waals surface area contributed by atoms with Gasteiger partial charge in [0.15, 0.2) is 0 Å². The molecule has 2 amide bonds. The van der Waals surface area contributed by atoms with E-state index < -0.39 is 0 Å². The highest BCUT2D eigenvalue weighted by atomic mass is 16.2. The number of fused-ring (bicyclic) bond motifs is 1. The van der Waals surface area contributed by atoms with Crippen molar-refractivity contribution in [1.29, 1.82) is 0 Å². The van der Waals surface area contributed by atoms with Crippen molar-refractivity contribution < 1.29 is 4.79 Å². The van der Waals surface area contributed by atoms with Gasteiger partial charge in [-0.15, -0.1) is 0 Å². The number of urea groups is 1. The smallest absolute Gasteiger partial charge is 0.307 e. The number of carbonyl (C=O) groups excluding carboxylic acids is 1. The van der Waals surface area contributed by atoms with E-state index in [9.17, 15) is 4.79 Å². The van der Waals surface area contributed by atoms with Crippen molar-refractivity contribution in [2.45, 2.75) is 13.5 Å². The van der Waals surface area contributed by atoms with Crippen LogP contribution in [0.2, 0.25) is 0 Å². The maximum absolute atomic E-state index is 12.4. The predicted molar refractivity (Wildman–Crippen MR) is 109 cm³/mol. The monoisotopic (exact) mass is 356 g/mol. The molecule has 5 nitrogen and oxygen atoms in total. The van der Waals surface area contributed by atoms with Gasteiger partial charge in [0.2, 0.25) is 0 Å². The number of anilines is 2. The fourth-order valence-electron chi connectivity index (χ4n) is 3.13. The number of hydrogen-bond acceptors (Lipinski definition) is 2. The Morgan fingerprint density at radius 1 is 1.00 bits per heavy atom. The van der Waals surface area contributed by atoms with Crippen LogP contribution in [0.25, 0.3) is 10.8 Å². The Labute approximate surface area is 157 Å². The molecule has 0 bridgehead atoms. The molecule has 1 aromatic heterocycles. The van der Waals surface area contributed by atoms with E-state index >= 15 is 0 Å². The normalized spacial score (nSPS) is 10.7. The third kappa shape index (κ3) is 3.98. The topological polar surface area (TPSA) is 59.0 Å². The Balaban J connectivity index is 1.43. The molecule has 0 saturated carbocycles. The molecule has 1 heterocycles. The molecule has 3 aromatic carbocycles. The number of carbonyl (C=O) groups is 1. The quantitative estimate of drug-likeness (QED) is 0.538. The number of aromatic nitrogens is 2. The Bertz CT molecular complexity index is 1090. The lowest BCUT2D eigenvalue weighted by atomic mass is 10.1. The second-order valence-corrected chi connectivity index (χ2v) is 6.52. The molecule has 5 heteroatoms. The number of benzene rings is 3. The molecular weight excluding hydrogens is 336 g/mol. The maximum Gasteiger partial charge on any atom is 0.323 e. The summed E-state index contributed by atoms with van der Waals surface area (Å²) in [5.41, 5.74) is 3.82. The first-order chi connectivity index (χ1) is 13.2. The minimum Gasteiger partial charge on any atom is -0.307 e. The van der Waals surface area contributed by atoms with Gasteiger partial charge in [-0.3, -0.25) is 4.68 Å². The first-order valence-corrected chi connectivity index (χ1v) is 8.81. The number of nitrogens with one attached hydrogen (secondary N) is 2. The van der Waals surface area contributed by atoms with Crippen molar-refractivity contribution in [3.63, 3.8) is 0 Å². The number of rotatable bonds is 4. The van der Waals surface area contributed by atoms with E-state index in [1.807, 2.05) is 59.4 Å². The van der Waals surface area contributed by atoms with Gasteiger partial charge < -0.3 is 10.6 Å². The van der Waals surface area contributed by atoms with Crippen molar-refractivity contribution >= 4 is 28.2 Å². The molecule has 0 aliphatic heterocycles. The van der Waals surface area contributed by atoms with Gasteiger partial charge in [-0.1, -0.05) is 66.2 Å². The molecule has 4 rings (SSSR count). The van der Waals surface area contributed by atoms with Gasteiger partial charge in [0.25, 0.3) is 0 Å². The molecule has 0 unspecified atom stereocenters. The van der Waals surface area contributed by atoms with Crippen LogP contribution >= 0.6 is 0 Å². The summed E-state index contributed by atoms with van der Waals surface area (Å²) in [4.78, 5) is 12.4. The molecule has 4 aromatic rings. The van der Waals surface area contributed by atoms with Crippen LogP contribution in [0.5, 0.6) is 0 Å². The molecule has 0 fully saturated rings. The highest BCUT2D eigenvalue weighted by molar-refractivity contribution is 6.06. The summed E-state index contributed by atoms with van der Waals surface area (Å²) in [6.45, 7) is 2.73. The standard InChI is InChI=1S/C22H20N4O/c1-16-6-4-7-17(12-16)14-26-15-19(13-23-26)24-22(27)25-21-11-5-9-18-8-2-3-10-20(18)21/h2-13,15H,14H2,1H3,(H2,24,25,27). The second-order valence-electron chi connectivity index (χ2n) is 6.52. The Morgan fingerprint density at radius 3 is 2.70 bits per heavy atom. The lowest BCUT2D eigenvalue weighted by molar-refractivity contribution is 0.262.